The number of benzene rings is 1. The summed E-state index contributed by atoms with van der Waals surface area (Å²) in [7, 11) is 0. The zero-order valence-electron chi connectivity index (χ0n) is 10.2. The van der Waals surface area contributed by atoms with E-state index in [-0.39, 0.29) is 0 Å². The highest BCUT2D eigenvalue weighted by atomic mass is 32.1. The molecule has 0 heterocycles. The maximum absolute atomic E-state index is 6.04. The molecule has 1 saturated carbocycles. The summed E-state index contributed by atoms with van der Waals surface area (Å²) in [5.74, 6) is 0.969. The lowest BCUT2D eigenvalue weighted by molar-refractivity contribution is 0.154. The van der Waals surface area contributed by atoms with Crippen molar-refractivity contribution in [2.24, 2.45) is 5.73 Å². The van der Waals surface area contributed by atoms with Crippen LogP contribution in [0, 0.1) is 6.92 Å². The lowest BCUT2D eigenvalue weighted by Gasteiger charge is -2.24. The predicted octanol–water partition coefficient (Wildman–Crippen LogP) is 3.34. The Balaban J connectivity index is 2.08. The van der Waals surface area contributed by atoms with Crippen molar-refractivity contribution in [2.45, 2.75) is 45.1 Å². The summed E-state index contributed by atoms with van der Waals surface area (Å²) >= 11 is 4.96. The summed E-state index contributed by atoms with van der Waals surface area (Å²) in [6.07, 6.45) is 6.66. The average molecular weight is 249 g/mol. The molecule has 17 heavy (non-hydrogen) atoms. The van der Waals surface area contributed by atoms with Crippen molar-refractivity contribution in [1.82, 2.24) is 0 Å². The van der Waals surface area contributed by atoms with Crippen molar-refractivity contribution in [3.05, 3.63) is 29.3 Å². The van der Waals surface area contributed by atoms with Crippen LogP contribution in [0.4, 0.5) is 0 Å². The second-order valence-corrected chi connectivity index (χ2v) is 5.16. The second-order valence-electron chi connectivity index (χ2n) is 4.72. The van der Waals surface area contributed by atoms with E-state index >= 15 is 0 Å². The van der Waals surface area contributed by atoms with Gasteiger partial charge >= 0.3 is 0 Å². The van der Waals surface area contributed by atoms with Gasteiger partial charge < -0.3 is 10.5 Å². The Labute approximate surface area is 108 Å². The minimum Gasteiger partial charge on any atom is -0.490 e. The maximum atomic E-state index is 6.04. The van der Waals surface area contributed by atoms with Gasteiger partial charge in [0.15, 0.2) is 0 Å². The number of hydrogen-bond donors (Lipinski definition) is 1. The van der Waals surface area contributed by atoms with Crippen LogP contribution in [0.25, 0.3) is 0 Å². The molecular formula is C14H19NOS. The minimum absolute atomic E-state index is 0.387. The van der Waals surface area contributed by atoms with Crippen molar-refractivity contribution in [2.75, 3.05) is 0 Å². The second kappa shape index (κ2) is 5.50. The number of aryl methyl sites for hydroxylation is 1. The Hall–Kier alpha value is -1.09. The number of hydrogen-bond acceptors (Lipinski definition) is 2. The van der Waals surface area contributed by atoms with Gasteiger partial charge in [-0.25, -0.2) is 0 Å². The molecule has 1 aromatic rings. The van der Waals surface area contributed by atoms with Crippen LogP contribution in [-0.2, 0) is 0 Å². The topological polar surface area (TPSA) is 35.2 Å². The lowest BCUT2D eigenvalue weighted by atomic mass is 9.97. The third kappa shape index (κ3) is 3.19. The predicted molar refractivity (Wildman–Crippen MR) is 74.6 cm³/mol. The third-order valence-corrected chi connectivity index (χ3v) is 3.54. The summed E-state index contributed by atoms with van der Waals surface area (Å²) in [5.41, 5.74) is 7.63. The summed E-state index contributed by atoms with van der Waals surface area (Å²) < 4.78 is 6.04. The van der Waals surface area contributed by atoms with Crippen LogP contribution in [0.1, 0.15) is 43.2 Å². The van der Waals surface area contributed by atoms with Crippen LogP contribution in [0.3, 0.4) is 0 Å². The minimum atomic E-state index is 0.387. The smallest absolute Gasteiger partial charge is 0.122 e. The molecule has 1 aliphatic rings. The van der Waals surface area contributed by atoms with E-state index < -0.39 is 0 Å². The van der Waals surface area contributed by atoms with Gasteiger partial charge in [-0.1, -0.05) is 18.6 Å². The number of thiocarbonyl (C=S) groups is 1. The molecule has 0 radical (unpaired) electrons. The molecule has 1 fully saturated rings. The van der Waals surface area contributed by atoms with E-state index in [0.29, 0.717) is 11.1 Å². The van der Waals surface area contributed by atoms with Crippen molar-refractivity contribution in [3.63, 3.8) is 0 Å². The summed E-state index contributed by atoms with van der Waals surface area (Å²) in [5, 5.41) is 0. The van der Waals surface area contributed by atoms with Crippen molar-refractivity contribution < 1.29 is 4.74 Å². The summed E-state index contributed by atoms with van der Waals surface area (Å²) in [6.45, 7) is 2.04. The Kier molecular flexibility index (Phi) is 4.00. The molecule has 0 unspecified atom stereocenters. The van der Waals surface area contributed by atoms with Gasteiger partial charge in [0, 0.05) is 5.56 Å². The molecule has 2 N–H and O–H groups in total. The largest absolute Gasteiger partial charge is 0.490 e. The standard InChI is InChI=1S/C14H19NOS/c1-10-9-11(14(15)17)7-8-13(10)16-12-5-3-2-4-6-12/h7-9,12H,2-6H2,1H3,(H2,15,17). The van der Waals surface area contributed by atoms with E-state index in [1.54, 1.807) is 0 Å². The van der Waals surface area contributed by atoms with Crippen LogP contribution < -0.4 is 10.5 Å². The quantitative estimate of drug-likeness (QED) is 0.834. The first-order valence-electron chi connectivity index (χ1n) is 6.24. The fourth-order valence-corrected chi connectivity index (χ4v) is 2.42. The summed E-state index contributed by atoms with van der Waals surface area (Å²) in [4.78, 5) is 0.442. The van der Waals surface area contributed by atoms with E-state index in [9.17, 15) is 0 Å². The molecule has 0 spiro atoms. The molecule has 0 saturated heterocycles. The molecule has 2 rings (SSSR count). The maximum Gasteiger partial charge on any atom is 0.122 e. The zero-order valence-corrected chi connectivity index (χ0v) is 11.1. The zero-order chi connectivity index (χ0) is 12.3. The van der Waals surface area contributed by atoms with E-state index in [0.717, 1.165) is 16.9 Å². The molecule has 0 atom stereocenters. The molecule has 92 valence electrons. The normalized spacial score (nSPS) is 16.8. The fraction of sp³-hybridized carbons (Fsp3) is 0.500. The van der Waals surface area contributed by atoms with Gasteiger partial charge in [0.1, 0.15) is 10.7 Å². The Morgan fingerprint density at radius 2 is 2.00 bits per heavy atom. The lowest BCUT2D eigenvalue weighted by Crippen LogP contribution is -2.20. The van der Waals surface area contributed by atoms with Crippen molar-refractivity contribution in [1.29, 1.82) is 0 Å². The molecule has 1 aromatic carbocycles. The van der Waals surface area contributed by atoms with Gasteiger partial charge in [-0.15, -0.1) is 0 Å². The van der Waals surface area contributed by atoms with E-state index in [2.05, 4.69) is 0 Å². The van der Waals surface area contributed by atoms with Gasteiger partial charge in [-0.2, -0.15) is 0 Å². The van der Waals surface area contributed by atoms with E-state index in [4.69, 9.17) is 22.7 Å². The Morgan fingerprint density at radius 3 is 2.59 bits per heavy atom. The number of rotatable bonds is 3. The number of nitrogens with two attached hydrogens (primary N) is 1. The Bertz CT molecular complexity index is 411. The molecule has 0 aromatic heterocycles. The number of ether oxygens (including phenoxy) is 1. The third-order valence-electron chi connectivity index (χ3n) is 3.31. The molecular weight excluding hydrogens is 230 g/mol. The van der Waals surface area contributed by atoms with Crippen LogP contribution in [-0.4, -0.2) is 11.1 Å². The first-order valence-corrected chi connectivity index (χ1v) is 6.65. The fourth-order valence-electron chi connectivity index (χ4n) is 2.30. The molecule has 0 amide bonds. The highest BCUT2D eigenvalue weighted by molar-refractivity contribution is 7.80. The van der Waals surface area contributed by atoms with Crippen molar-refractivity contribution in [3.8, 4) is 5.75 Å². The molecule has 2 nitrogen and oxygen atoms in total. The van der Waals surface area contributed by atoms with Gasteiger partial charge in [-0.05, 0) is 56.4 Å². The van der Waals surface area contributed by atoms with Gasteiger partial charge in [-0.3, -0.25) is 0 Å². The highest BCUT2D eigenvalue weighted by Gasteiger charge is 2.15. The average Bonchev–Trinajstić information content (AvgIpc) is 2.33. The SMILES string of the molecule is Cc1cc(C(N)=S)ccc1OC1CCCCC1. The summed E-state index contributed by atoms with van der Waals surface area (Å²) in [6, 6.07) is 5.92. The molecule has 3 heteroatoms. The first kappa shape index (κ1) is 12.4. The molecule has 0 bridgehead atoms. The van der Waals surface area contributed by atoms with Crippen LogP contribution in [0.2, 0.25) is 0 Å². The van der Waals surface area contributed by atoms with E-state index in [1.807, 2.05) is 25.1 Å². The first-order chi connectivity index (χ1) is 8.16. The van der Waals surface area contributed by atoms with Gasteiger partial charge in [0.25, 0.3) is 0 Å². The molecule has 0 aliphatic heterocycles. The van der Waals surface area contributed by atoms with Crippen LogP contribution in [0.5, 0.6) is 5.75 Å². The monoisotopic (exact) mass is 249 g/mol. The Morgan fingerprint density at radius 1 is 1.29 bits per heavy atom. The molecule has 1 aliphatic carbocycles. The van der Waals surface area contributed by atoms with E-state index in [1.165, 1.54) is 32.1 Å². The van der Waals surface area contributed by atoms with Crippen LogP contribution in [0.15, 0.2) is 18.2 Å². The van der Waals surface area contributed by atoms with Gasteiger partial charge in [0.05, 0.1) is 6.10 Å². The van der Waals surface area contributed by atoms with Crippen LogP contribution >= 0.6 is 12.2 Å². The van der Waals surface area contributed by atoms with Gasteiger partial charge in [0.2, 0.25) is 0 Å². The highest BCUT2D eigenvalue weighted by Crippen LogP contribution is 2.26. The van der Waals surface area contributed by atoms with Crippen molar-refractivity contribution >= 4 is 17.2 Å².